The molecule has 178 valence electrons. The van der Waals surface area contributed by atoms with Gasteiger partial charge in [-0.1, -0.05) is 30.3 Å². The lowest BCUT2D eigenvalue weighted by Crippen LogP contribution is -2.45. The van der Waals surface area contributed by atoms with Crippen molar-refractivity contribution in [3.05, 3.63) is 99.0 Å². The Kier molecular flexibility index (Phi) is 6.48. The first kappa shape index (κ1) is 23.0. The zero-order valence-electron chi connectivity index (χ0n) is 19.5. The maximum Gasteiger partial charge on any atom is 0.261 e. The van der Waals surface area contributed by atoms with Gasteiger partial charge in [-0.2, -0.15) is 0 Å². The first-order chi connectivity index (χ1) is 17.0. The summed E-state index contributed by atoms with van der Waals surface area (Å²) in [7, 11) is 1.62. The Bertz CT molecular complexity index is 1470. The van der Waals surface area contributed by atoms with Gasteiger partial charge in [0.15, 0.2) is 4.77 Å². The van der Waals surface area contributed by atoms with Crippen LogP contribution in [-0.2, 0) is 13.6 Å². The molecule has 1 amide bonds. The summed E-state index contributed by atoms with van der Waals surface area (Å²) in [5, 5.41) is 3.43. The third-order valence-corrected chi connectivity index (χ3v) is 6.85. The van der Waals surface area contributed by atoms with E-state index in [-0.39, 0.29) is 11.5 Å². The van der Waals surface area contributed by atoms with E-state index < -0.39 is 0 Å². The fourth-order valence-corrected chi connectivity index (χ4v) is 4.60. The molecule has 0 radical (unpaired) electrons. The molecule has 7 nitrogen and oxygen atoms in total. The van der Waals surface area contributed by atoms with Crippen LogP contribution < -0.4 is 15.8 Å². The second-order valence-corrected chi connectivity index (χ2v) is 9.19. The zero-order chi connectivity index (χ0) is 24.4. The highest BCUT2D eigenvalue weighted by atomic mass is 32.1. The van der Waals surface area contributed by atoms with Crippen molar-refractivity contribution in [2.45, 2.75) is 6.54 Å². The Hall–Kier alpha value is -3.75. The summed E-state index contributed by atoms with van der Waals surface area (Å²) in [6, 6.07) is 23.5. The minimum atomic E-state index is -0.242. The number of benzene rings is 3. The standard InChI is InChI=1S/C27H27N5O2S/c1-30-26(34)23-12-7-20(17-24(23)29-27(30)35)25(33)28-21-8-10-22(11-9-21)32-15-13-31(14-16-32)18-19-5-3-2-4-6-19/h2-12,17H,13-16,18H2,1H3,(H,28,33)(H,29,35). The number of hydrogen-bond acceptors (Lipinski definition) is 5. The number of rotatable bonds is 5. The molecule has 2 N–H and O–H groups in total. The summed E-state index contributed by atoms with van der Waals surface area (Å²) in [4.78, 5) is 33.0. The van der Waals surface area contributed by atoms with Crippen molar-refractivity contribution in [2.24, 2.45) is 7.05 Å². The number of carbonyl (C=O) groups is 1. The van der Waals surface area contributed by atoms with Crippen LogP contribution in [-0.4, -0.2) is 46.5 Å². The first-order valence-electron chi connectivity index (χ1n) is 11.6. The number of piperazine rings is 1. The van der Waals surface area contributed by atoms with E-state index in [2.05, 4.69) is 44.4 Å². The lowest BCUT2D eigenvalue weighted by Gasteiger charge is -2.36. The van der Waals surface area contributed by atoms with Gasteiger partial charge >= 0.3 is 0 Å². The molecule has 0 aliphatic carbocycles. The summed E-state index contributed by atoms with van der Waals surface area (Å²) in [5.74, 6) is -0.242. The number of aromatic nitrogens is 2. The molecule has 0 spiro atoms. The van der Waals surface area contributed by atoms with E-state index in [1.807, 2.05) is 30.3 Å². The van der Waals surface area contributed by atoms with Crippen LogP contribution in [0.4, 0.5) is 11.4 Å². The SMILES string of the molecule is Cn1c(=S)[nH]c2cc(C(=O)Nc3ccc(N4CCN(Cc5ccccc5)CC4)cc3)ccc2c1=O. The molecule has 1 aromatic heterocycles. The summed E-state index contributed by atoms with van der Waals surface area (Å²) < 4.78 is 1.69. The van der Waals surface area contributed by atoms with Crippen molar-refractivity contribution < 1.29 is 4.79 Å². The monoisotopic (exact) mass is 485 g/mol. The van der Waals surface area contributed by atoms with Gasteiger partial charge in [0, 0.05) is 56.7 Å². The quantitative estimate of drug-likeness (QED) is 0.415. The van der Waals surface area contributed by atoms with Crippen LogP contribution in [0.25, 0.3) is 10.9 Å². The molecule has 0 bridgehead atoms. The van der Waals surface area contributed by atoms with Crippen molar-refractivity contribution in [1.29, 1.82) is 0 Å². The average molecular weight is 486 g/mol. The van der Waals surface area contributed by atoms with Gasteiger partial charge in [0.25, 0.3) is 11.5 Å². The Morgan fingerprint density at radius 2 is 1.69 bits per heavy atom. The summed E-state index contributed by atoms with van der Waals surface area (Å²) >= 11 is 5.18. The number of fused-ring (bicyclic) bond motifs is 1. The van der Waals surface area contributed by atoms with Gasteiger partial charge in [0.1, 0.15) is 0 Å². The molecule has 1 aliphatic rings. The topological polar surface area (TPSA) is 73.4 Å². The highest BCUT2D eigenvalue weighted by Crippen LogP contribution is 2.21. The third kappa shape index (κ3) is 5.03. The molecule has 4 aromatic rings. The molecular weight excluding hydrogens is 458 g/mol. The number of aromatic amines is 1. The van der Waals surface area contributed by atoms with Gasteiger partial charge in [0.05, 0.1) is 10.9 Å². The van der Waals surface area contributed by atoms with Crippen LogP contribution in [0, 0.1) is 4.77 Å². The van der Waals surface area contributed by atoms with Crippen LogP contribution in [0.2, 0.25) is 0 Å². The number of H-pyrrole nitrogens is 1. The molecule has 3 aromatic carbocycles. The lowest BCUT2D eigenvalue weighted by molar-refractivity contribution is 0.102. The number of hydrogen-bond donors (Lipinski definition) is 2. The molecule has 1 fully saturated rings. The lowest BCUT2D eigenvalue weighted by atomic mass is 10.1. The van der Waals surface area contributed by atoms with Crippen LogP contribution in [0.3, 0.4) is 0 Å². The Morgan fingerprint density at radius 1 is 0.971 bits per heavy atom. The number of nitrogens with zero attached hydrogens (tertiary/aromatic N) is 3. The smallest absolute Gasteiger partial charge is 0.261 e. The average Bonchev–Trinajstić information content (AvgIpc) is 2.88. The van der Waals surface area contributed by atoms with Crippen LogP contribution in [0.1, 0.15) is 15.9 Å². The zero-order valence-corrected chi connectivity index (χ0v) is 20.3. The van der Waals surface area contributed by atoms with Gasteiger partial charge in [0.2, 0.25) is 0 Å². The van der Waals surface area contributed by atoms with Gasteiger partial charge < -0.3 is 15.2 Å². The van der Waals surface area contributed by atoms with E-state index in [0.717, 1.165) is 44.1 Å². The minimum Gasteiger partial charge on any atom is -0.369 e. The normalized spacial score (nSPS) is 14.3. The van der Waals surface area contributed by atoms with E-state index in [0.29, 0.717) is 21.2 Å². The molecule has 35 heavy (non-hydrogen) atoms. The van der Waals surface area contributed by atoms with Crippen molar-refractivity contribution in [2.75, 3.05) is 36.4 Å². The van der Waals surface area contributed by atoms with E-state index in [1.54, 1.807) is 25.2 Å². The van der Waals surface area contributed by atoms with Crippen LogP contribution >= 0.6 is 12.2 Å². The highest BCUT2D eigenvalue weighted by Gasteiger charge is 2.17. The molecule has 0 atom stereocenters. The maximum atomic E-state index is 12.8. The fraction of sp³-hybridized carbons (Fsp3) is 0.222. The molecular formula is C27H27N5O2S. The van der Waals surface area contributed by atoms with E-state index in [1.165, 1.54) is 10.1 Å². The second kappa shape index (κ2) is 9.85. The van der Waals surface area contributed by atoms with Gasteiger partial charge in [-0.3, -0.25) is 19.1 Å². The third-order valence-electron chi connectivity index (χ3n) is 6.47. The van der Waals surface area contributed by atoms with Crippen molar-refractivity contribution in [3.8, 4) is 0 Å². The molecule has 1 aliphatic heterocycles. The van der Waals surface area contributed by atoms with Gasteiger partial charge in [-0.05, 0) is 60.2 Å². The summed E-state index contributed by atoms with van der Waals surface area (Å²) in [5.41, 5.74) is 4.03. The Morgan fingerprint density at radius 3 is 2.40 bits per heavy atom. The summed E-state index contributed by atoms with van der Waals surface area (Å²) in [6.07, 6.45) is 0. The Labute approximate surface area is 208 Å². The minimum absolute atomic E-state index is 0.188. The molecule has 1 saturated heterocycles. The van der Waals surface area contributed by atoms with E-state index in [9.17, 15) is 9.59 Å². The number of carbonyl (C=O) groups excluding carboxylic acids is 1. The van der Waals surface area contributed by atoms with Gasteiger partial charge in [-0.15, -0.1) is 0 Å². The maximum absolute atomic E-state index is 12.8. The fourth-order valence-electron chi connectivity index (χ4n) is 4.41. The predicted molar refractivity (Wildman–Crippen MR) is 143 cm³/mol. The predicted octanol–water partition coefficient (Wildman–Crippen LogP) is 4.17. The largest absolute Gasteiger partial charge is 0.369 e. The molecule has 5 rings (SSSR count). The number of anilines is 2. The number of amides is 1. The van der Waals surface area contributed by atoms with E-state index >= 15 is 0 Å². The second-order valence-electron chi connectivity index (χ2n) is 8.80. The van der Waals surface area contributed by atoms with Crippen LogP contribution in [0.5, 0.6) is 0 Å². The summed E-state index contributed by atoms with van der Waals surface area (Å²) in [6.45, 7) is 4.95. The molecule has 0 saturated carbocycles. The molecule has 8 heteroatoms. The van der Waals surface area contributed by atoms with Crippen LogP contribution in [0.15, 0.2) is 77.6 Å². The molecule has 2 heterocycles. The molecule has 0 unspecified atom stereocenters. The Balaban J connectivity index is 1.21. The van der Waals surface area contributed by atoms with Crippen molar-refractivity contribution in [1.82, 2.24) is 14.5 Å². The first-order valence-corrected chi connectivity index (χ1v) is 12.0. The van der Waals surface area contributed by atoms with Gasteiger partial charge in [-0.25, -0.2) is 0 Å². The van der Waals surface area contributed by atoms with Crippen molar-refractivity contribution >= 4 is 40.4 Å². The van der Waals surface area contributed by atoms with E-state index in [4.69, 9.17) is 12.2 Å². The highest BCUT2D eigenvalue weighted by molar-refractivity contribution is 7.71. The number of nitrogens with one attached hydrogen (secondary N) is 2. The van der Waals surface area contributed by atoms with Crippen molar-refractivity contribution in [3.63, 3.8) is 0 Å².